The van der Waals surface area contributed by atoms with Crippen molar-refractivity contribution < 1.29 is 14.3 Å². The molecule has 0 saturated carbocycles. The van der Waals surface area contributed by atoms with E-state index in [9.17, 15) is 4.79 Å². The van der Waals surface area contributed by atoms with Gasteiger partial charge in [0.25, 0.3) is 0 Å². The first-order chi connectivity index (χ1) is 9.29. The van der Waals surface area contributed by atoms with Crippen molar-refractivity contribution in [2.45, 2.75) is 12.8 Å². The van der Waals surface area contributed by atoms with Crippen LogP contribution in [-0.4, -0.2) is 44.2 Å². The lowest BCUT2D eigenvalue weighted by atomic mass is 9.97. The maximum Gasteiger partial charge on any atom is 0.308 e. The third kappa shape index (κ3) is 4.24. The van der Waals surface area contributed by atoms with E-state index in [1.54, 1.807) is 0 Å². The predicted octanol–water partition coefficient (Wildman–Crippen LogP) is 1.95. The standard InChI is InChI=1S/C15H21NO3/c1-18-15(17)13-7-9-16(10-8-13)11-12-19-14-5-3-2-4-6-14/h2-6,13H,7-12H2,1H3. The molecule has 4 heteroatoms. The number of esters is 1. The Hall–Kier alpha value is -1.55. The quantitative estimate of drug-likeness (QED) is 0.761. The van der Waals surface area contributed by atoms with Crippen LogP contribution in [-0.2, 0) is 9.53 Å². The topological polar surface area (TPSA) is 38.8 Å². The van der Waals surface area contributed by atoms with Gasteiger partial charge in [0.05, 0.1) is 13.0 Å². The second kappa shape index (κ2) is 7.14. The highest BCUT2D eigenvalue weighted by Crippen LogP contribution is 2.18. The summed E-state index contributed by atoms with van der Waals surface area (Å²) in [5.41, 5.74) is 0. The Morgan fingerprint density at radius 3 is 2.58 bits per heavy atom. The molecule has 1 aromatic carbocycles. The summed E-state index contributed by atoms with van der Waals surface area (Å²) in [5.74, 6) is 0.920. The normalized spacial score (nSPS) is 17.1. The molecule has 1 saturated heterocycles. The molecule has 1 aliphatic rings. The Kier molecular flexibility index (Phi) is 5.21. The summed E-state index contributed by atoms with van der Waals surface area (Å²) in [6.07, 6.45) is 1.77. The van der Waals surface area contributed by atoms with Gasteiger partial charge in [0.2, 0.25) is 0 Å². The maximum atomic E-state index is 11.4. The number of hydrogen-bond donors (Lipinski definition) is 0. The van der Waals surface area contributed by atoms with Gasteiger partial charge in [0.15, 0.2) is 0 Å². The van der Waals surface area contributed by atoms with Gasteiger partial charge in [-0.05, 0) is 38.1 Å². The van der Waals surface area contributed by atoms with Crippen LogP contribution < -0.4 is 4.74 Å². The molecule has 2 rings (SSSR count). The Morgan fingerprint density at radius 1 is 1.26 bits per heavy atom. The molecule has 1 aliphatic heterocycles. The molecular weight excluding hydrogens is 242 g/mol. The van der Waals surface area contributed by atoms with E-state index in [1.807, 2.05) is 30.3 Å². The molecule has 1 heterocycles. The number of rotatable bonds is 5. The number of ether oxygens (including phenoxy) is 2. The average molecular weight is 263 g/mol. The Bertz CT molecular complexity index is 386. The summed E-state index contributed by atoms with van der Waals surface area (Å²) < 4.78 is 10.5. The molecule has 1 aromatic rings. The molecule has 0 radical (unpaired) electrons. The summed E-state index contributed by atoms with van der Waals surface area (Å²) in [5, 5.41) is 0. The minimum Gasteiger partial charge on any atom is -0.492 e. The highest BCUT2D eigenvalue weighted by Gasteiger charge is 2.25. The Balaban J connectivity index is 1.65. The van der Waals surface area contributed by atoms with Crippen molar-refractivity contribution in [3.63, 3.8) is 0 Å². The van der Waals surface area contributed by atoms with Gasteiger partial charge in [-0.3, -0.25) is 9.69 Å². The van der Waals surface area contributed by atoms with Crippen LogP contribution in [0.15, 0.2) is 30.3 Å². The summed E-state index contributed by atoms with van der Waals surface area (Å²) in [4.78, 5) is 13.7. The molecule has 1 fully saturated rings. The van der Waals surface area contributed by atoms with E-state index in [0.29, 0.717) is 6.61 Å². The SMILES string of the molecule is COC(=O)C1CCN(CCOc2ccccc2)CC1. The molecule has 0 aliphatic carbocycles. The minimum absolute atomic E-state index is 0.0693. The van der Waals surface area contributed by atoms with E-state index >= 15 is 0 Å². The molecule has 19 heavy (non-hydrogen) atoms. The highest BCUT2D eigenvalue weighted by molar-refractivity contribution is 5.72. The van der Waals surface area contributed by atoms with Gasteiger partial charge in [-0.2, -0.15) is 0 Å². The third-order valence-corrected chi connectivity index (χ3v) is 3.54. The van der Waals surface area contributed by atoms with Crippen molar-refractivity contribution in [1.82, 2.24) is 4.90 Å². The summed E-state index contributed by atoms with van der Waals surface area (Å²) >= 11 is 0. The van der Waals surface area contributed by atoms with Crippen molar-refractivity contribution >= 4 is 5.97 Å². The van der Waals surface area contributed by atoms with Crippen LogP contribution in [0.4, 0.5) is 0 Å². The van der Waals surface area contributed by atoms with Crippen molar-refractivity contribution in [1.29, 1.82) is 0 Å². The van der Waals surface area contributed by atoms with Gasteiger partial charge >= 0.3 is 5.97 Å². The minimum atomic E-state index is -0.0693. The van der Waals surface area contributed by atoms with E-state index in [-0.39, 0.29) is 11.9 Å². The number of hydrogen-bond acceptors (Lipinski definition) is 4. The van der Waals surface area contributed by atoms with E-state index in [2.05, 4.69) is 4.90 Å². The summed E-state index contributed by atoms with van der Waals surface area (Å²) in [7, 11) is 1.46. The first-order valence-electron chi connectivity index (χ1n) is 6.77. The average Bonchev–Trinajstić information content (AvgIpc) is 2.48. The van der Waals surface area contributed by atoms with Crippen molar-refractivity contribution in [3.8, 4) is 5.75 Å². The molecule has 0 N–H and O–H groups in total. The number of piperidine rings is 1. The monoisotopic (exact) mass is 263 g/mol. The molecule has 0 atom stereocenters. The lowest BCUT2D eigenvalue weighted by Gasteiger charge is -2.30. The molecule has 0 bridgehead atoms. The lowest BCUT2D eigenvalue weighted by Crippen LogP contribution is -2.38. The summed E-state index contributed by atoms with van der Waals surface area (Å²) in [6, 6.07) is 9.84. The fraction of sp³-hybridized carbons (Fsp3) is 0.533. The van der Waals surface area contributed by atoms with Crippen LogP contribution in [0, 0.1) is 5.92 Å². The maximum absolute atomic E-state index is 11.4. The Labute approximate surface area is 114 Å². The van der Waals surface area contributed by atoms with E-state index < -0.39 is 0 Å². The molecule has 0 amide bonds. The highest BCUT2D eigenvalue weighted by atomic mass is 16.5. The zero-order valence-corrected chi connectivity index (χ0v) is 11.4. The van der Waals surface area contributed by atoms with Gasteiger partial charge in [-0.1, -0.05) is 18.2 Å². The number of likely N-dealkylation sites (tertiary alicyclic amines) is 1. The van der Waals surface area contributed by atoms with Gasteiger partial charge in [-0.15, -0.1) is 0 Å². The van der Waals surface area contributed by atoms with Crippen LogP contribution in [0.25, 0.3) is 0 Å². The van der Waals surface area contributed by atoms with E-state index in [4.69, 9.17) is 9.47 Å². The number of carbonyl (C=O) groups is 1. The molecule has 0 unspecified atom stereocenters. The molecule has 4 nitrogen and oxygen atoms in total. The van der Waals surface area contributed by atoms with Gasteiger partial charge in [0.1, 0.15) is 12.4 Å². The van der Waals surface area contributed by atoms with Crippen LogP contribution >= 0.6 is 0 Å². The molecule has 104 valence electrons. The van der Waals surface area contributed by atoms with Crippen molar-refractivity contribution in [3.05, 3.63) is 30.3 Å². The van der Waals surface area contributed by atoms with Crippen LogP contribution in [0.2, 0.25) is 0 Å². The predicted molar refractivity (Wildman–Crippen MR) is 73.1 cm³/mol. The van der Waals surface area contributed by atoms with E-state index in [0.717, 1.165) is 38.2 Å². The van der Waals surface area contributed by atoms with Crippen molar-refractivity contribution in [2.75, 3.05) is 33.4 Å². The lowest BCUT2D eigenvalue weighted by molar-refractivity contribution is -0.147. The number of para-hydroxylation sites is 1. The zero-order chi connectivity index (χ0) is 13.5. The number of carbonyl (C=O) groups excluding carboxylic acids is 1. The van der Waals surface area contributed by atoms with Gasteiger partial charge < -0.3 is 9.47 Å². The fourth-order valence-electron chi connectivity index (χ4n) is 2.37. The number of methoxy groups -OCH3 is 1. The molecular formula is C15H21NO3. The second-order valence-corrected chi connectivity index (χ2v) is 4.80. The molecule has 0 aromatic heterocycles. The third-order valence-electron chi connectivity index (χ3n) is 3.54. The fourth-order valence-corrected chi connectivity index (χ4v) is 2.37. The smallest absolute Gasteiger partial charge is 0.308 e. The number of benzene rings is 1. The zero-order valence-electron chi connectivity index (χ0n) is 11.4. The first-order valence-corrected chi connectivity index (χ1v) is 6.77. The van der Waals surface area contributed by atoms with Crippen molar-refractivity contribution in [2.24, 2.45) is 5.92 Å². The number of nitrogens with zero attached hydrogens (tertiary/aromatic N) is 1. The Morgan fingerprint density at radius 2 is 1.95 bits per heavy atom. The van der Waals surface area contributed by atoms with Crippen LogP contribution in [0.1, 0.15) is 12.8 Å². The van der Waals surface area contributed by atoms with Crippen LogP contribution in [0.3, 0.4) is 0 Å². The largest absolute Gasteiger partial charge is 0.492 e. The molecule has 0 spiro atoms. The first kappa shape index (κ1) is 13.9. The van der Waals surface area contributed by atoms with Gasteiger partial charge in [-0.25, -0.2) is 0 Å². The van der Waals surface area contributed by atoms with Crippen LogP contribution in [0.5, 0.6) is 5.75 Å². The second-order valence-electron chi connectivity index (χ2n) is 4.80. The van der Waals surface area contributed by atoms with E-state index in [1.165, 1.54) is 7.11 Å². The van der Waals surface area contributed by atoms with Gasteiger partial charge in [0, 0.05) is 6.54 Å². The summed E-state index contributed by atoms with van der Waals surface area (Å²) in [6.45, 7) is 3.48.